The SMILES string of the molecule is CCN(CCCOCCOC)C(CC)(CC)CN. The molecular weight excluding hydrogens is 228 g/mol. The van der Waals surface area contributed by atoms with E-state index in [4.69, 9.17) is 15.2 Å². The fourth-order valence-electron chi connectivity index (χ4n) is 2.45. The van der Waals surface area contributed by atoms with Crippen LogP contribution in [0, 0.1) is 0 Å². The van der Waals surface area contributed by atoms with Crippen LogP contribution in [0.4, 0.5) is 0 Å². The molecule has 0 aliphatic carbocycles. The first-order valence-corrected chi connectivity index (χ1v) is 7.22. The summed E-state index contributed by atoms with van der Waals surface area (Å²) >= 11 is 0. The van der Waals surface area contributed by atoms with Crippen molar-refractivity contribution in [3.05, 3.63) is 0 Å². The summed E-state index contributed by atoms with van der Waals surface area (Å²) in [4.78, 5) is 2.51. The molecule has 4 heteroatoms. The van der Waals surface area contributed by atoms with Crippen molar-refractivity contribution in [2.24, 2.45) is 5.73 Å². The molecule has 0 aromatic heterocycles. The van der Waals surface area contributed by atoms with Gasteiger partial charge in [0.2, 0.25) is 0 Å². The summed E-state index contributed by atoms with van der Waals surface area (Å²) in [5.74, 6) is 0. The van der Waals surface area contributed by atoms with Gasteiger partial charge in [0, 0.05) is 32.3 Å². The minimum atomic E-state index is 0.168. The topological polar surface area (TPSA) is 47.7 Å². The number of hydrogen-bond donors (Lipinski definition) is 1. The Bertz CT molecular complexity index is 176. The van der Waals surface area contributed by atoms with Gasteiger partial charge >= 0.3 is 0 Å². The largest absolute Gasteiger partial charge is 0.382 e. The number of nitrogens with zero attached hydrogens (tertiary/aromatic N) is 1. The Morgan fingerprint density at radius 3 is 2.17 bits per heavy atom. The Balaban J connectivity index is 4.01. The maximum atomic E-state index is 5.99. The standard InChI is InChI=1S/C14H32N2O2/c1-5-14(6-2,13-15)16(7-3)9-8-10-18-12-11-17-4/h5-13,15H2,1-4H3. The average molecular weight is 260 g/mol. The van der Waals surface area contributed by atoms with Gasteiger partial charge in [-0.2, -0.15) is 0 Å². The van der Waals surface area contributed by atoms with Crippen molar-refractivity contribution >= 4 is 0 Å². The fourth-order valence-corrected chi connectivity index (χ4v) is 2.45. The Kier molecular flexibility index (Phi) is 10.6. The molecule has 18 heavy (non-hydrogen) atoms. The Labute approximate surface area is 113 Å². The van der Waals surface area contributed by atoms with Crippen molar-refractivity contribution in [1.82, 2.24) is 4.90 Å². The smallest absolute Gasteiger partial charge is 0.0700 e. The second-order valence-electron chi connectivity index (χ2n) is 4.67. The lowest BCUT2D eigenvalue weighted by Crippen LogP contribution is -2.53. The summed E-state index contributed by atoms with van der Waals surface area (Å²) in [6, 6.07) is 0. The fraction of sp³-hybridized carbons (Fsp3) is 1.00. The first-order chi connectivity index (χ1) is 8.70. The van der Waals surface area contributed by atoms with E-state index in [0.29, 0.717) is 13.2 Å². The number of nitrogens with two attached hydrogens (primary N) is 1. The average Bonchev–Trinajstić information content (AvgIpc) is 2.42. The number of ether oxygens (including phenoxy) is 2. The van der Waals surface area contributed by atoms with Gasteiger partial charge in [-0.15, -0.1) is 0 Å². The van der Waals surface area contributed by atoms with E-state index in [9.17, 15) is 0 Å². The normalized spacial score (nSPS) is 12.3. The first-order valence-electron chi connectivity index (χ1n) is 7.22. The van der Waals surface area contributed by atoms with Gasteiger partial charge in [-0.3, -0.25) is 4.90 Å². The molecule has 0 bridgehead atoms. The molecule has 0 saturated heterocycles. The molecule has 0 heterocycles. The van der Waals surface area contributed by atoms with Crippen molar-refractivity contribution < 1.29 is 9.47 Å². The van der Waals surface area contributed by atoms with Crippen LogP contribution in [0.2, 0.25) is 0 Å². The number of likely N-dealkylation sites (N-methyl/N-ethyl adjacent to an activating group) is 1. The highest BCUT2D eigenvalue weighted by molar-refractivity contribution is 4.88. The van der Waals surface area contributed by atoms with Gasteiger partial charge < -0.3 is 15.2 Å². The van der Waals surface area contributed by atoms with E-state index < -0.39 is 0 Å². The molecule has 0 radical (unpaired) electrons. The molecular formula is C14H32N2O2. The molecule has 0 atom stereocenters. The van der Waals surface area contributed by atoms with E-state index in [0.717, 1.165) is 45.5 Å². The van der Waals surface area contributed by atoms with E-state index in [1.807, 2.05) is 0 Å². The van der Waals surface area contributed by atoms with Gasteiger partial charge in [-0.1, -0.05) is 20.8 Å². The molecule has 0 amide bonds. The summed E-state index contributed by atoms with van der Waals surface area (Å²) in [5, 5.41) is 0. The zero-order chi connectivity index (χ0) is 13.9. The van der Waals surface area contributed by atoms with Crippen molar-refractivity contribution in [2.45, 2.75) is 45.6 Å². The van der Waals surface area contributed by atoms with Gasteiger partial charge in [0.25, 0.3) is 0 Å². The molecule has 0 saturated carbocycles. The summed E-state index contributed by atoms with van der Waals surface area (Å²) in [5.41, 5.74) is 6.15. The lowest BCUT2D eigenvalue weighted by Gasteiger charge is -2.42. The highest BCUT2D eigenvalue weighted by Crippen LogP contribution is 2.22. The van der Waals surface area contributed by atoms with Gasteiger partial charge in [-0.25, -0.2) is 0 Å². The minimum absolute atomic E-state index is 0.168. The predicted molar refractivity (Wildman–Crippen MR) is 76.9 cm³/mol. The zero-order valence-corrected chi connectivity index (χ0v) is 12.7. The van der Waals surface area contributed by atoms with Gasteiger partial charge in [0.05, 0.1) is 13.2 Å². The molecule has 0 aromatic carbocycles. The van der Waals surface area contributed by atoms with E-state index in [1.54, 1.807) is 7.11 Å². The maximum Gasteiger partial charge on any atom is 0.0700 e. The summed E-state index contributed by atoms with van der Waals surface area (Å²) in [7, 11) is 1.69. The maximum absolute atomic E-state index is 5.99. The molecule has 0 spiro atoms. The number of rotatable bonds is 12. The summed E-state index contributed by atoms with van der Waals surface area (Å²) < 4.78 is 10.4. The molecule has 0 rings (SSSR count). The number of methoxy groups -OCH3 is 1. The van der Waals surface area contributed by atoms with Crippen LogP contribution in [0.3, 0.4) is 0 Å². The van der Waals surface area contributed by atoms with Gasteiger partial charge in [0.15, 0.2) is 0 Å². The van der Waals surface area contributed by atoms with Gasteiger partial charge in [0.1, 0.15) is 0 Å². The second-order valence-corrected chi connectivity index (χ2v) is 4.67. The van der Waals surface area contributed by atoms with Crippen LogP contribution >= 0.6 is 0 Å². The molecule has 0 aliphatic heterocycles. The van der Waals surface area contributed by atoms with Crippen LogP contribution in [0.1, 0.15) is 40.0 Å². The van der Waals surface area contributed by atoms with Crippen molar-refractivity contribution in [2.75, 3.05) is 46.6 Å². The highest BCUT2D eigenvalue weighted by Gasteiger charge is 2.30. The number of hydrogen-bond acceptors (Lipinski definition) is 4. The molecule has 0 fully saturated rings. The molecule has 2 N–H and O–H groups in total. The minimum Gasteiger partial charge on any atom is -0.382 e. The monoisotopic (exact) mass is 260 g/mol. The quantitative estimate of drug-likeness (QED) is 0.544. The van der Waals surface area contributed by atoms with Crippen LogP contribution in [0.5, 0.6) is 0 Å². The van der Waals surface area contributed by atoms with Crippen molar-refractivity contribution in [3.63, 3.8) is 0 Å². The second kappa shape index (κ2) is 10.7. The van der Waals surface area contributed by atoms with E-state index >= 15 is 0 Å². The highest BCUT2D eigenvalue weighted by atomic mass is 16.5. The van der Waals surface area contributed by atoms with Crippen molar-refractivity contribution in [1.29, 1.82) is 0 Å². The van der Waals surface area contributed by atoms with Crippen LogP contribution in [-0.2, 0) is 9.47 Å². The van der Waals surface area contributed by atoms with Crippen LogP contribution < -0.4 is 5.73 Å². The van der Waals surface area contributed by atoms with E-state index in [1.165, 1.54) is 0 Å². The van der Waals surface area contributed by atoms with Crippen LogP contribution in [0.25, 0.3) is 0 Å². The molecule has 0 aromatic rings. The van der Waals surface area contributed by atoms with Crippen LogP contribution in [0.15, 0.2) is 0 Å². The Morgan fingerprint density at radius 2 is 1.72 bits per heavy atom. The van der Waals surface area contributed by atoms with Crippen LogP contribution in [-0.4, -0.2) is 57.0 Å². The molecule has 110 valence electrons. The third-order valence-corrected chi connectivity index (χ3v) is 3.90. The van der Waals surface area contributed by atoms with Crippen molar-refractivity contribution in [3.8, 4) is 0 Å². The Hall–Kier alpha value is -0.160. The molecule has 0 aliphatic rings. The third-order valence-electron chi connectivity index (χ3n) is 3.90. The Morgan fingerprint density at radius 1 is 1.06 bits per heavy atom. The molecule has 4 nitrogen and oxygen atoms in total. The lowest BCUT2D eigenvalue weighted by molar-refractivity contribution is 0.0487. The van der Waals surface area contributed by atoms with E-state index in [2.05, 4.69) is 25.7 Å². The summed E-state index contributed by atoms with van der Waals surface area (Å²) in [6.45, 7) is 11.7. The zero-order valence-electron chi connectivity index (χ0n) is 12.7. The third kappa shape index (κ3) is 5.65. The predicted octanol–water partition coefficient (Wildman–Crippen LogP) is 1.88. The van der Waals surface area contributed by atoms with Gasteiger partial charge in [-0.05, 0) is 25.8 Å². The summed E-state index contributed by atoms with van der Waals surface area (Å²) in [6.07, 6.45) is 3.27. The van der Waals surface area contributed by atoms with E-state index in [-0.39, 0.29) is 5.54 Å². The lowest BCUT2D eigenvalue weighted by atomic mass is 9.90. The first kappa shape index (κ1) is 17.8. The molecule has 0 unspecified atom stereocenters.